The number of aliphatic hydroxyl groups excluding tert-OH is 2. The number of primary amides is 1. The van der Waals surface area contributed by atoms with Crippen LogP contribution < -0.4 is 40.4 Å². The Morgan fingerprint density at radius 3 is 2.13 bits per heavy atom. The third-order valence-corrected chi connectivity index (χ3v) is 21.0. The Bertz CT molecular complexity index is 2230. The van der Waals surface area contributed by atoms with Crippen molar-refractivity contribution in [2.24, 2.45) is 58.5 Å². The van der Waals surface area contributed by atoms with E-state index in [1.54, 1.807) is 19.1 Å². The summed E-state index contributed by atoms with van der Waals surface area (Å²) in [6, 6.07) is 7.02. The summed E-state index contributed by atoms with van der Waals surface area (Å²) in [7, 11) is 0. The van der Waals surface area contributed by atoms with Crippen LogP contribution in [0.25, 0.3) is 0 Å². The monoisotopic (exact) mass is 1070 g/mol. The number of benzene rings is 1. The number of ketones is 1. The van der Waals surface area contributed by atoms with Gasteiger partial charge in [0.15, 0.2) is 5.79 Å². The minimum Gasteiger partial charge on any atom is -0.550 e. The zero-order valence-corrected chi connectivity index (χ0v) is 51.3. The van der Waals surface area contributed by atoms with Gasteiger partial charge >= 0.3 is 29.6 Å². The number of carbonyl (C=O) groups excluding carboxylic acids is 3. The van der Waals surface area contributed by atoms with Crippen LogP contribution in [0.4, 0.5) is 0 Å². The number of rotatable bonds is 14. The van der Waals surface area contributed by atoms with Crippen molar-refractivity contribution in [3.63, 3.8) is 0 Å². The summed E-state index contributed by atoms with van der Waals surface area (Å²) in [6.07, 6.45) is 10.6. The third kappa shape index (κ3) is 11.8. The number of aliphatic carboxylic acids is 1. The first kappa shape index (κ1) is 63.4. The van der Waals surface area contributed by atoms with E-state index in [0.29, 0.717) is 69.6 Å². The first-order valence-electron chi connectivity index (χ1n) is 29.4. The average molecular weight is 1070 g/mol. The Morgan fingerprint density at radius 2 is 1.53 bits per heavy atom. The van der Waals surface area contributed by atoms with E-state index in [0.717, 1.165) is 32.1 Å². The molecule has 21 atom stereocenters. The molecule has 5 heterocycles. The van der Waals surface area contributed by atoms with Crippen LogP contribution >= 0.6 is 0 Å². The van der Waals surface area contributed by atoms with Crippen molar-refractivity contribution in [3.8, 4) is 0 Å². The number of amides is 1. The molecule has 14 heteroatoms. The maximum absolute atomic E-state index is 14.4. The number of aryl methyl sites for hydroxylation is 1. The van der Waals surface area contributed by atoms with Gasteiger partial charge < -0.3 is 54.6 Å². The molecule has 424 valence electrons. The number of fused-ring (bicyclic) bond motifs is 3. The third-order valence-electron chi connectivity index (χ3n) is 21.0. The van der Waals surface area contributed by atoms with Gasteiger partial charge in [0, 0.05) is 47.4 Å². The average Bonchev–Trinajstić information content (AvgIpc) is 3.72. The molecule has 13 nitrogen and oxygen atoms in total. The van der Waals surface area contributed by atoms with Gasteiger partial charge in [-0.2, -0.15) is 0 Å². The van der Waals surface area contributed by atoms with Gasteiger partial charge in [0.25, 0.3) is 0 Å². The van der Waals surface area contributed by atoms with Crippen molar-refractivity contribution in [1.29, 1.82) is 0 Å². The van der Waals surface area contributed by atoms with Gasteiger partial charge in [-0.1, -0.05) is 108 Å². The minimum atomic E-state index is -1.37. The van der Waals surface area contributed by atoms with Crippen LogP contribution in [0.15, 0.2) is 30.4 Å². The molecule has 2 aliphatic carbocycles. The zero-order valence-electron chi connectivity index (χ0n) is 49.3. The van der Waals surface area contributed by atoms with Crippen molar-refractivity contribution in [2.45, 2.75) is 270 Å². The van der Waals surface area contributed by atoms with E-state index in [4.69, 9.17) is 29.4 Å². The van der Waals surface area contributed by atoms with Crippen molar-refractivity contribution in [1.82, 2.24) is 0 Å². The fourth-order valence-corrected chi connectivity index (χ4v) is 15.6. The molecule has 0 aromatic heterocycles. The van der Waals surface area contributed by atoms with Gasteiger partial charge in [-0.25, -0.2) is 0 Å². The molecule has 0 radical (unpaired) electrons. The van der Waals surface area contributed by atoms with Gasteiger partial charge in [0.1, 0.15) is 11.9 Å². The molecule has 1 amide bonds. The molecule has 0 bridgehead atoms. The summed E-state index contributed by atoms with van der Waals surface area (Å²) in [6.45, 7) is 28.5. The molecule has 5 aliphatic heterocycles. The molecule has 5 fully saturated rings. The molecule has 4 saturated heterocycles. The molecule has 7 aliphatic rings. The van der Waals surface area contributed by atoms with Crippen molar-refractivity contribution >= 4 is 17.7 Å². The fourth-order valence-electron chi connectivity index (χ4n) is 15.6. The molecule has 2 spiro atoms. The second kappa shape index (κ2) is 24.4. The topological polar surface area (TPSA) is 207 Å². The quantitative estimate of drug-likeness (QED) is 0.122. The Hall–Kier alpha value is -1.75. The zero-order chi connectivity index (χ0) is 55.4. The summed E-state index contributed by atoms with van der Waals surface area (Å²) in [5.41, 5.74) is 8.33. The Labute approximate surface area is 478 Å². The van der Waals surface area contributed by atoms with Crippen LogP contribution in [-0.4, -0.2) is 98.5 Å². The number of carboxylic acid groups (broad SMARTS) is 1. The normalized spacial score (nSPS) is 42.1. The SMILES string of the molecule is CC(C)c1ccc2c(c1)CCC1C(C)(C(N)=O)CCCC21C.CCC(C(=O)[O-])C1CCC(C)C(C(C)C(O)C(C)C(=O)C(CC)C2OC3(C=CC(O)C4(CCC(C)(C5CCC(O)(CC)C(C)O5)O4)O3)C(C)CC2C)O1.[Na+]. The van der Waals surface area contributed by atoms with Crippen molar-refractivity contribution in [2.75, 3.05) is 0 Å². The number of Topliss-reactive ketones (excluding diaryl/α,β-unsaturated/α-hetero) is 1. The first-order chi connectivity index (χ1) is 35.1. The van der Waals surface area contributed by atoms with Crippen molar-refractivity contribution < 1.29 is 88.1 Å². The van der Waals surface area contributed by atoms with Crippen LogP contribution in [-0.2, 0) is 49.9 Å². The second-order valence-corrected chi connectivity index (χ2v) is 26.1. The van der Waals surface area contributed by atoms with E-state index >= 15 is 0 Å². The largest absolute Gasteiger partial charge is 1.00 e. The van der Waals surface area contributed by atoms with E-state index < -0.39 is 82.9 Å². The summed E-state index contributed by atoms with van der Waals surface area (Å²) in [5.74, 6) is -5.39. The molecular formula is C62H98NNaO12. The number of hydrogen-bond donors (Lipinski definition) is 4. The van der Waals surface area contributed by atoms with E-state index in [9.17, 15) is 34.8 Å². The van der Waals surface area contributed by atoms with Crippen LogP contribution in [0.3, 0.4) is 0 Å². The summed E-state index contributed by atoms with van der Waals surface area (Å²) < 4.78 is 33.4. The molecule has 1 saturated carbocycles. The molecule has 1 aromatic carbocycles. The molecule has 21 unspecified atom stereocenters. The number of aliphatic hydroxyl groups is 3. The molecular weight excluding hydrogens is 974 g/mol. The van der Waals surface area contributed by atoms with Crippen LogP contribution in [0.1, 0.15) is 209 Å². The minimum absolute atomic E-state index is 0. The number of carbonyl (C=O) groups is 3. The molecule has 1 aromatic rings. The predicted octanol–water partition coefficient (Wildman–Crippen LogP) is 6.16. The van der Waals surface area contributed by atoms with E-state index in [1.807, 2.05) is 41.5 Å². The van der Waals surface area contributed by atoms with Gasteiger partial charge in [-0.3, -0.25) is 9.59 Å². The second-order valence-electron chi connectivity index (χ2n) is 26.1. The maximum atomic E-state index is 14.4. The standard InChI is InChI=1S/C42H70O11.C20H29NO.Na/c1-11-29(38(46)47)31-15-14-23(4)36(50-31)27(8)34(44)26(7)35(45)30(12-2)37-24(5)22-25(6)41(51-37)19-16-32(43)42(53-41)21-20-39(10,52-42)33-17-18-40(48,13-3)28(9)49-33;1-13(2)14-6-8-16-15(12-14)7-9-17-19(16,3)10-5-11-20(17,4)18(21)22;/h16,19,23-34,36-37,43-44,48H,11-15,17-18,20-22H2,1-10H3,(H,46,47);6,8,12-13,17H,5,7,9-11H2,1-4H3,(H2,21,22);/q;;+1/p-1. The summed E-state index contributed by atoms with van der Waals surface area (Å²) >= 11 is 0. The Morgan fingerprint density at radius 1 is 0.842 bits per heavy atom. The van der Waals surface area contributed by atoms with Gasteiger partial charge in [0.05, 0.1) is 47.8 Å². The molecule has 76 heavy (non-hydrogen) atoms. The summed E-state index contributed by atoms with van der Waals surface area (Å²) in [5, 5.41) is 46.0. The van der Waals surface area contributed by atoms with E-state index in [2.05, 4.69) is 66.7 Å². The number of hydrogen-bond acceptors (Lipinski definition) is 12. The maximum Gasteiger partial charge on any atom is 1.00 e. The molecule has 8 rings (SSSR count). The van der Waals surface area contributed by atoms with Gasteiger partial charge in [-0.15, -0.1) is 0 Å². The molecule has 5 N–H and O–H groups in total. The first-order valence-corrected chi connectivity index (χ1v) is 29.4. The van der Waals surface area contributed by atoms with Crippen LogP contribution in [0, 0.1) is 52.8 Å². The predicted molar refractivity (Wildman–Crippen MR) is 287 cm³/mol. The van der Waals surface area contributed by atoms with Crippen LogP contribution in [0.2, 0.25) is 0 Å². The summed E-state index contributed by atoms with van der Waals surface area (Å²) in [4.78, 5) is 38.4. The number of ether oxygens (including phenoxy) is 5. The Balaban J connectivity index is 0.000000338. The number of carboxylic acids is 1. The van der Waals surface area contributed by atoms with Crippen LogP contribution in [0.5, 0.6) is 0 Å². The smallest absolute Gasteiger partial charge is 0.550 e. The number of nitrogens with two attached hydrogens (primary N) is 1. The van der Waals surface area contributed by atoms with Gasteiger partial charge in [-0.05, 0) is 155 Å². The fraction of sp³-hybridized carbons (Fsp3) is 0.823. The van der Waals surface area contributed by atoms with Crippen molar-refractivity contribution in [3.05, 3.63) is 47.0 Å². The van der Waals surface area contributed by atoms with Gasteiger partial charge in [0.2, 0.25) is 11.7 Å². The van der Waals surface area contributed by atoms with E-state index in [-0.39, 0.29) is 82.0 Å². The van der Waals surface area contributed by atoms with E-state index in [1.165, 1.54) is 23.1 Å². The Kier molecular flexibility index (Phi) is 20.3.